The minimum atomic E-state index is -1.26. The standard InChI is InChI=1S/C9H18O5.4Ac/c1-4(2)9-8(13)7(12)6(11)5(3-10)14-9;;;;/h4-13H,3H2,1-2H3;;;;/t5?,6-,7-,8?,9+;;;;/m0..../s1. The molecule has 0 aromatic heterocycles. The number of ether oxygens (including phenoxy) is 1. The van der Waals surface area contributed by atoms with E-state index in [2.05, 4.69) is 0 Å². The molecule has 0 saturated carbocycles. The second-order valence-electron chi connectivity index (χ2n) is 4.04. The second kappa shape index (κ2) is 16.1. The van der Waals surface area contributed by atoms with Gasteiger partial charge in [-0.3, -0.25) is 0 Å². The molecule has 0 amide bonds. The van der Waals surface area contributed by atoms with E-state index in [1.54, 1.807) is 0 Å². The van der Waals surface area contributed by atoms with Crippen molar-refractivity contribution >= 4 is 0 Å². The van der Waals surface area contributed by atoms with E-state index >= 15 is 0 Å². The summed E-state index contributed by atoms with van der Waals surface area (Å²) in [6, 6.07) is 0. The summed E-state index contributed by atoms with van der Waals surface area (Å²) in [6.07, 6.45) is -4.96. The zero-order valence-electron chi connectivity index (χ0n) is 10.7. The van der Waals surface area contributed by atoms with Crippen LogP contribution in [0.1, 0.15) is 13.8 Å². The minimum Gasteiger partial charge on any atom is -0.394 e. The van der Waals surface area contributed by atoms with E-state index in [0.29, 0.717) is 0 Å². The minimum absolute atomic E-state index is 0. The van der Waals surface area contributed by atoms with Crippen molar-refractivity contribution in [1.29, 1.82) is 0 Å². The molecule has 0 aromatic rings. The van der Waals surface area contributed by atoms with Crippen LogP contribution < -0.4 is 0 Å². The van der Waals surface area contributed by atoms with Gasteiger partial charge in [0.05, 0.1) is 12.7 Å². The predicted octanol–water partition coefficient (Wildman–Crippen LogP) is -1.52. The van der Waals surface area contributed by atoms with E-state index in [-0.39, 0.29) is 189 Å². The first-order valence-corrected chi connectivity index (χ1v) is 4.79. The van der Waals surface area contributed by atoms with Crippen molar-refractivity contribution in [3.05, 3.63) is 0 Å². The molecule has 18 heavy (non-hydrogen) atoms. The van der Waals surface area contributed by atoms with Crippen LogP contribution in [-0.2, 0) is 4.74 Å². The molecular weight excluding hydrogens is 1100 g/mol. The molecule has 0 bridgehead atoms. The SMILES string of the molecule is CC(C)[C@H]1OC(CO)[C@H](O)[C@H](O)C1O.[Ac].[Ac].[Ac].[Ac]. The number of aliphatic hydroxyl groups excluding tert-OH is 4. The van der Waals surface area contributed by atoms with Gasteiger partial charge in [-0.15, -0.1) is 0 Å². The van der Waals surface area contributed by atoms with Gasteiger partial charge in [0.25, 0.3) is 0 Å². The first-order valence-electron chi connectivity index (χ1n) is 4.79. The third-order valence-electron chi connectivity index (χ3n) is 2.59. The van der Waals surface area contributed by atoms with Gasteiger partial charge in [-0.2, -0.15) is 0 Å². The number of hydrogen-bond donors (Lipinski definition) is 4. The summed E-state index contributed by atoms with van der Waals surface area (Å²) < 4.78 is 5.28. The monoisotopic (exact) mass is 1110 g/mol. The molecule has 5 atom stereocenters. The molecule has 1 heterocycles. The molecule has 2 unspecified atom stereocenters. The van der Waals surface area contributed by atoms with E-state index in [9.17, 15) is 15.3 Å². The van der Waals surface area contributed by atoms with Crippen molar-refractivity contribution in [1.82, 2.24) is 0 Å². The zero-order chi connectivity index (χ0) is 10.9. The average Bonchev–Trinajstić information content (AvgIpc) is 2.14. The third kappa shape index (κ3) is 9.15. The molecule has 5 nitrogen and oxygen atoms in total. The first kappa shape index (κ1) is 31.3. The maximum atomic E-state index is 9.57. The molecule has 96 valence electrons. The molecule has 0 spiro atoms. The van der Waals surface area contributed by atoms with E-state index in [1.807, 2.05) is 13.8 Å². The van der Waals surface area contributed by atoms with Gasteiger partial charge in [-0.1, -0.05) is 13.8 Å². The van der Waals surface area contributed by atoms with Crippen molar-refractivity contribution in [3.63, 3.8) is 0 Å². The van der Waals surface area contributed by atoms with E-state index in [1.165, 1.54) is 0 Å². The Morgan fingerprint density at radius 2 is 1.33 bits per heavy atom. The maximum absolute atomic E-state index is 9.57. The van der Waals surface area contributed by atoms with Crippen LogP contribution in [0.25, 0.3) is 0 Å². The summed E-state index contributed by atoms with van der Waals surface area (Å²) in [6.45, 7) is 3.31. The summed E-state index contributed by atoms with van der Waals surface area (Å²) in [5.41, 5.74) is 0. The third-order valence-corrected chi connectivity index (χ3v) is 2.59. The van der Waals surface area contributed by atoms with Crippen LogP contribution in [0.3, 0.4) is 0 Å². The van der Waals surface area contributed by atoms with Gasteiger partial charge in [0.1, 0.15) is 24.4 Å². The molecule has 4 N–H and O–H groups in total. The van der Waals surface area contributed by atoms with Gasteiger partial charge in [0.15, 0.2) is 0 Å². The van der Waals surface area contributed by atoms with Crippen molar-refractivity contribution in [3.8, 4) is 0 Å². The largest absolute Gasteiger partial charge is 0.394 e. The molecule has 4 radical (unpaired) electrons. The van der Waals surface area contributed by atoms with Gasteiger partial charge in [-0.25, -0.2) is 0 Å². The van der Waals surface area contributed by atoms with Crippen LogP contribution in [0.5, 0.6) is 0 Å². The van der Waals surface area contributed by atoms with E-state index in [0.717, 1.165) is 0 Å². The molecule has 9 heteroatoms. The fraction of sp³-hybridized carbons (Fsp3) is 1.00. The Balaban J connectivity index is -0.000000245. The molecule has 1 saturated heterocycles. The van der Waals surface area contributed by atoms with Gasteiger partial charge in [0.2, 0.25) is 0 Å². The quantitative estimate of drug-likeness (QED) is 0.271. The molecule has 0 aromatic carbocycles. The Kier molecular flexibility index (Phi) is 28.0. The van der Waals surface area contributed by atoms with Crippen LogP contribution in [0, 0.1) is 182 Å². The molecule has 1 aliphatic heterocycles. The van der Waals surface area contributed by atoms with Crippen LogP contribution in [0.4, 0.5) is 0 Å². The Morgan fingerprint density at radius 3 is 1.67 bits per heavy atom. The molecule has 1 rings (SSSR count). The Labute approximate surface area is 251 Å². The predicted molar refractivity (Wildman–Crippen MR) is 48.6 cm³/mol. The van der Waals surface area contributed by atoms with Crippen molar-refractivity contribution < 1.29 is 201 Å². The first-order chi connectivity index (χ1) is 6.49. The fourth-order valence-electron chi connectivity index (χ4n) is 1.68. The fourth-order valence-corrected chi connectivity index (χ4v) is 1.68. The van der Waals surface area contributed by atoms with Crippen molar-refractivity contribution in [2.24, 2.45) is 5.92 Å². The number of rotatable bonds is 2. The zero-order valence-corrected chi connectivity index (χ0v) is 29.7. The summed E-state index contributed by atoms with van der Waals surface area (Å²) in [5, 5.41) is 37.4. The molecular formula is C9H18Ac4O5. The average molecular weight is 1110 g/mol. The smallest absolute Gasteiger partial charge is 0.111 e. The van der Waals surface area contributed by atoms with Crippen LogP contribution in [0.15, 0.2) is 0 Å². The molecule has 1 fully saturated rings. The van der Waals surface area contributed by atoms with Crippen LogP contribution in [0.2, 0.25) is 0 Å². The Hall–Kier alpha value is 5.57. The molecule has 1 aliphatic rings. The van der Waals surface area contributed by atoms with Gasteiger partial charge in [0, 0.05) is 176 Å². The van der Waals surface area contributed by atoms with Gasteiger partial charge >= 0.3 is 0 Å². The summed E-state index contributed by atoms with van der Waals surface area (Å²) in [4.78, 5) is 0. The van der Waals surface area contributed by atoms with E-state index in [4.69, 9.17) is 9.84 Å². The summed E-state index contributed by atoms with van der Waals surface area (Å²) in [5.74, 6) is 0.0150. The van der Waals surface area contributed by atoms with Crippen LogP contribution in [-0.4, -0.2) is 57.6 Å². The van der Waals surface area contributed by atoms with Gasteiger partial charge in [-0.05, 0) is 5.92 Å². The molecule has 0 aliphatic carbocycles. The number of aliphatic hydroxyl groups is 4. The summed E-state index contributed by atoms with van der Waals surface area (Å²) in [7, 11) is 0. The van der Waals surface area contributed by atoms with Crippen molar-refractivity contribution in [2.75, 3.05) is 6.61 Å². The Morgan fingerprint density at radius 1 is 0.889 bits per heavy atom. The maximum Gasteiger partial charge on any atom is 0.111 e. The summed E-state index contributed by atoms with van der Waals surface area (Å²) >= 11 is 0. The Bertz CT molecular complexity index is 196. The number of hydrogen-bond acceptors (Lipinski definition) is 5. The topological polar surface area (TPSA) is 90.2 Å². The normalized spacial score (nSPS) is 34.5. The van der Waals surface area contributed by atoms with Crippen LogP contribution >= 0.6 is 0 Å². The van der Waals surface area contributed by atoms with E-state index < -0.39 is 30.5 Å². The van der Waals surface area contributed by atoms with Crippen molar-refractivity contribution in [2.45, 2.75) is 44.4 Å². The van der Waals surface area contributed by atoms with Gasteiger partial charge < -0.3 is 25.2 Å². The second-order valence-corrected chi connectivity index (χ2v) is 4.04.